The molecule has 1 unspecified atom stereocenters. The Kier molecular flexibility index (Phi) is 9.26. The molecule has 0 heterocycles. The van der Waals surface area contributed by atoms with Gasteiger partial charge in [-0.2, -0.15) is 0 Å². The number of sulfonamides is 1. The lowest BCUT2D eigenvalue weighted by Gasteiger charge is -2.29. The summed E-state index contributed by atoms with van der Waals surface area (Å²) in [4.78, 5) is 22.9. The van der Waals surface area contributed by atoms with Gasteiger partial charge < -0.3 is 15.7 Å². The summed E-state index contributed by atoms with van der Waals surface area (Å²) in [6.07, 6.45) is 0.294. The summed E-state index contributed by atoms with van der Waals surface area (Å²) >= 11 is 0. The number of benzene rings is 2. The lowest BCUT2D eigenvalue weighted by atomic mass is 9.95. The van der Waals surface area contributed by atoms with Gasteiger partial charge >= 0.3 is 5.97 Å². The Hall–Kier alpha value is -2.19. The molecule has 0 aromatic heterocycles. The Morgan fingerprint density at radius 3 is 2.33 bits per heavy atom. The Morgan fingerprint density at radius 2 is 1.76 bits per heavy atom. The van der Waals surface area contributed by atoms with Crippen LogP contribution in [0.1, 0.15) is 42.9 Å². The highest BCUT2D eigenvalue weighted by Gasteiger charge is 2.40. The monoisotopic (exact) mass is 496 g/mol. The molecule has 2 aromatic carbocycles. The van der Waals surface area contributed by atoms with E-state index in [0.717, 1.165) is 5.56 Å². The van der Waals surface area contributed by atoms with Crippen LogP contribution >= 0.6 is 7.37 Å². The van der Waals surface area contributed by atoms with Crippen LogP contribution in [-0.2, 0) is 25.8 Å². The maximum Gasteiger partial charge on any atom is 0.311 e. The van der Waals surface area contributed by atoms with Gasteiger partial charge in [0.05, 0.1) is 11.7 Å². The molecule has 0 saturated carbocycles. The molecule has 3 atom stereocenters. The van der Waals surface area contributed by atoms with Crippen LogP contribution in [0, 0.1) is 12.8 Å². The summed E-state index contributed by atoms with van der Waals surface area (Å²) in [5, 5.41) is 9.77. The van der Waals surface area contributed by atoms with Crippen molar-refractivity contribution in [3.63, 3.8) is 0 Å². The summed E-state index contributed by atoms with van der Waals surface area (Å²) < 4.78 is 41.1. The largest absolute Gasteiger partial charge is 0.481 e. The van der Waals surface area contributed by atoms with Crippen molar-refractivity contribution < 1.29 is 27.8 Å². The zero-order valence-corrected chi connectivity index (χ0v) is 20.9. The first kappa shape index (κ1) is 27.1. The topological polar surface area (TPSA) is 147 Å². The zero-order valence-electron chi connectivity index (χ0n) is 19.1. The third-order valence-electron chi connectivity index (χ3n) is 5.62. The number of aliphatic carboxylic acids is 1. The van der Waals surface area contributed by atoms with Crippen LogP contribution in [0.25, 0.3) is 0 Å². The van der Waals surface area contributed by atoms with Crippen LogP contribution in [0.15, 0.2) is 48.5 Å². The number of rotatable bonds is 12. The van der Waals surface area contributed by atoms with Gasteiger partial charge in [-0.05, 0) is 48.4 Å². The number of hydrogen-bond donors (Lipinski definition) is 4. The predicted molar refractivity (Wildman–Crippen MR) is 131 cm³/mol. The van der Waals surface area contributed by atoms with Crippen LogP contribution in [0.2, 0.25) is 0 Å². The Labute approximate surface area is 195 Å². The molecule has 5 N–H and O–H groups in total. The molecule has 182 valence electrons. The van der Waals surface area contributed by atoms with E-state index < -0.39 is 47.1 Å². The van der Waals surface area contributed by atoms with E-state index in [1.165, 1.54) is 0 Å². The molecule has 0 aliphatic heterocycles. The van der Waals surface area contributed by atoms with Gasteiger partial charge in [0, 0.05) is 11.8 Å². The maximum atomic E-state index is 13.3. The third-order valence-corrected chi connectivity index (χ3v) is 9.72. The van der Waals surface area contributed by atoms with Crippen LogP contribution in [0.5, 0.6) is 0 Å². The maximum absolute atomic E-state index is 13.3. The SMILES string of the molecule is Cc1c(N)cccc1[C@@H](CP(=O)(O)[C@H](NS(=O)(=O)CCCc1ccccc1)C(C)C)C(=O)O. The minimum Gasteiger partial charge on any atom is -0.481 e. The summed E-state index contributed by atoms with van der Waals surface area (Å²) in [5.41, 5.74) is 8.13. The number of hydrogen-bond acceptors (Lipinski definition) is 5. The fraction of sp³-hybridized carbons (Fsp3) is 0.435. The molecule has 0 aliphatic rings. The van der Waals surface area contributed by atoms with Gasteiger partial charge in [-0.25, -0.2) is 13.1 Å². The normalized spacial score (nSPS) is 15.7. The lowest BCUT2D eigenvalue weighted by Crippen LogP contribution is -2.41. The fourth-order valence-corrected chi connectivity index (χ4v) is 8.23. The van der Waals surface area contributed by atoms with Crippen LogP contribution in [0.3, 0.4) is 0 Å². The summed E-state index contributed by atoms with van der Waals surface area (Å²) in [6.45, 7) is 4.90. The van der Waals surface area contributed by atoms with Crippen molar-refractivity contribution in [3.05, 3.63) is 65.2 Å². The molecule has 10 heteroatoms. The van der Waals surface area contributed by atoms with Gasteiger partial charge in [0.25, 0.3) is 0 Å². The average molecular weight is 497 g/mol. The molecule has 0 radical (unpaired) electrons. The number of nitrogens with two attached hydrogens (primary N) is 1. The van der Waals surface area contributed by atoms with Crippen molar-refractivity contribution in [2.75, 3.05) is 17.6 Å². The number of anilines is 1. The highest BCUT2D eigenvalue weighted by molar-refractivity contribution is 7.89. The van der Waals surface area contributed by atoms with Gasteiger partial charge in [0.15, 0.2) is 0 Å². The predicted octanol–water partition coefficient (Wildman–Crippen LogP) is 3.55. The van der Waals surface area contributed by atoms with Crippen molar-refractivity contribution in [1.82, 2.24) is 4.72 Å². The van der Waals surface area contributed by atoms with Crippen LogP contribution in [0.4, 0.5) is 5.69 Å². The van der Waals surface area contributed by atoms with Crippen molar-refractivity contribution in [1.29, 1.82) is 0 Å². The number of nitrogens with one attached hydrogen (secondary N) is 1. The Bertz CT molecular complexity index is 1110. The van der Waals surface area contributed by atoms with Crippen molar-refractivity contribution in [2.24, 2.45) is 5.92 Å². The molecule has 2 aromatic rings. The highest BCUT2D eigenvalue weighted by atomic mass is 32.2. The molecule has 0 spiro atoms. The van der Waals surface area contributed by atoms with Crippen molar-refractivity contribution >= 4 is 29.0 Å². The summed E-state index contributed by atoms with van der Waals surface area (Å²) in [5.74, 6) is -4.61. The molecule has 33 heavy (non-hydrogen) atoms. The van der Waals surface area contributed by atoms with Crippen LogP contribution < -0.4 is 10.5 Å². The second-order valence-electron chi connectivity index (χ2n) is 8.61. The summed E-state index contributed by atoms with van der Waals surface area (Å²) in [6, 6.07) is 14.2. The average Bonchev–Trinajstić information content (AvgIpc) is 2.73. The molecule has 0 saturated heterocycles. The number of carboxylic acids is 1. The summed E-state index contributed by atoms with van der Waals surface area (Å²) in [7, 11) is -8.13. The molecular weight excluding hydrogens is 463 g/mol. The first-order valence-corrected chi connectivity index (χ1v) is 14.3. The van der Waals surface area contributed by atoms with Crippen molar-refractivity contribution in [2.45, 2.75) is 45.3 Å². The molecule has 0 bridgehead atoms. The van der Waals surface area contributed by atoms with E-state index in [2.05, 4.69) is 4.72 Å². The van der Waals surface area contributed by atoms with E-state index in [1.807, 2.05) is 30.3 Å². The van der Waals surface area contributed by atoms with E-state index >= 15 is 0 Å². The number of carboxylic acid groups (broad SMARTS) is 1. The van der Waals surface area contributed by atoms with Gasteiger partial charge in [-0.3, -0.25) is 9.36 Å². The number of carbonyl (C=O) groups is 1. The second-order valence-corrected chi connectivity index (χ2v) is 12.9. The first-order valence-electron chi connectivity index (χ1n) is 10.8. The van der Waals surface area contributed by atoms with Crippen LogP contribution in [-0.4, -0.2) is 42.1 Å². The molecule has 0 aliphatic carbocycles. The minimum absolute atomic E-state index is 0.207. The molecule has 0 amide bonds. The van der Waals surface area contributed by atoms with Gasteiger partial charge in [-0.15, -0.1) is 0 Å². The number of nitrogen functional groups attached to an aromatic ring is 1. The Balaban J connectivity index is 2.18. The van der Waals surface area contributed by atoms with Gasteiger partial charge in [-0.1, -0.05) is 56.3 Å². The fourth-order valence-electron chi connectivity index (χ4n) is 3.77. The molecular formula is C23H33N2O6PS. The van der Waals surface area contributed by atoms with E-state index in [4.69, 9.17) is 5.73 Å². The molecule has 8 nitrogen and oxygen atoms in total. The standard InChI is InChI=1S/C23H33N2O6PS/c1-16(2)22(25-33(30,31)14-8-11-18-9-5-4-6-10-18)32(28,29)15-20(23(26)27)19-12-7-13-21(24)17(19)3/h4-7,9-10,12-13,16,20,22,25H,8,11,14-15,24H2,1-3H3,(H,26,27)(H,28,29)/t20-,22+/m1/s1. The van der Waals surface area contributed by atoms with Crippen molar-refractivity contribution in [3.8, 4) is 0 Å². The highest BCUT2D eigenvalue weighted by Crippen LogP contribution is 2.51. The Morgan fingerprint density at radius 1 is 1.12 bits per heavy atom. The minimum atomic E-state index is -4.27. The van der Waals surface area contributed by atoms with Gasteiger partial charge in [0.2, 0.25) is 17.4 Å². The van der Waals surface area contributed by atoms with E-state index in [9.17, 15) is 27.8 Å². The lowest BCUT2D eigenvalue weighted by molar-refractivity contribution is -0.138. The van der Waals surface area contributed by atoms with Gasteiger partial charge in [0.1, 0.15) is 5.78 Å². The smallest absolute Gasteiger partial charge is 0.311 e. The molecule has 2 rings (SSSR count). The first-order chi connectivity index (χ1) is 15.3. The van der Waals surface area contributed by atoms with E-state index in [0.29, 0.717) is 29.7 Å². The van der Waals surface area contributed by atoms with E-state index in [-0.39, 0.29) is 5.75 Å². The number of aryl methyl sites for hydroxylation is 1. The molecule has 0 fully saturated rings. The second kappa shape index (κ2) is 11.3. The quantitative estimate of drug-likeness (QED) is 0.259. The zero-order chi connectivity index (χ0) is 24.8. The van der Waals surface area contributed by atoms with E-state index in [1.54, 1.807) is 39.0 Å². The third kappa shape index (κ3) is 7.67.